The molecule has 2 aromatic rings. The normalized spacial score (nSPS) is 17.4. The van der Waals surface area contributed by atoms with Crippen LogP contribution in [0.15, 0.2) is 36.5 Å². The van der Waals surface area contributed by atoms with E-state index in [2.05, 4.69) is 26.3 Å². The molecule has 0 atom stereocenters. The minimum Gasteiger partial charge on any atom is -0.349 e. The van der Waals surface area contributed by atoms with Gasteiger partial charge in [-0.15, -0.1) is 0 Å². The highest BCUT2D eigenvalue weighted by Gasteiger charge is 2.30. The van der Waals surface area contributed by atoms with Crippen molar-refractivity contribution in [2.75, 3.05) is 16.8 Å². The molecule has 1 aromatic carbocycles. The van der Waals surface area contributed by atoms with Crippen molar-refractivity contribution in [3.05, 3.63) is 47.7 Å². The predicted octanol–water partition coefficient (Wildman–Crippen LogP) is 5.01. The number of fused-ring (bicyclic) bond motifs is 1. The Bertz CT molecular complexity index is 809. The van der Waals surface area contributed by atoms with E-state index in [0.29, 0.717) is 17.7 Å². The van der Waals surface area contributed by atoms with E-state index in [1.165, 1.54) is 37.8 Å². The van der Waals surface area contributed by atoms with E-state index in [-0.39, 0.29) is 0 Å². The molecule has 1 aliphatic carbocycles. The van der Waals surface area contributed by atoms with Crippen LogP contribution in [0.1, 0.15) is 36.8 Å². The third-order valence-corrected chi connectivity index (χ3v) is 4.90. The zero-order valence-electron chi connectivity index (χ0n) is 14.1. The molecule has 26 heavy (non-hydrogen) atoms. The molecule has 2 heterocycles. The lowest BCUT2D eigenvalue weighted by Crippen LogP contribution is -2.36. The summed E-state index contributed by atoms with van der Waals surface area (Å²) in [7, 11) is 0. The van der Waals surface area contributed by atoms with Crippen LogP contribution < -0.4 is 10.2 Å². The van der Waals surface area contributed by atoms with Crippen LogP contribution in [0.25, 0.3) is 6.08 Å². The Morgan fingerprint density at radius 2 is 1.81 bits per heavy atom. The van der Waals surface area contributed by atoms with Crippen molar-refractivity contribution in [1.29, 1.82) is 0 Å². The molecule has 1 N–H and O–H groups in total. The summed E-state index contributed by atoms with van der Waals surface area (Å²) in [6.07, 6.45) is 6.36. The first kappa shape index (κ1) is 16.9. The van der Waals surface area contributed by atoms with Crippen molar-refractivity contribution in [2.24, 2.45) is 0 Å². The van der Waals surface area contributed by atoms with Crippen molar-refractivity contribution in [3.63, 3.8) is 0 Å². The van der Waals surface area contributed by atoms with E-state index in [0.717, 1.165) is 30.1 Å². The molecule has 0 amide bonds. The lowest BCUT2D eigenvalue weighted by Gasteiger charge is -2.32. The SMILES string of the molecule is FC(F)(F)c1ccc(Nc2ncc3c(n2)N(C2CCCC2)CC=C3)cc1. The zero-order valence-corrected chi connectivity index (χ0v) is 14.1. The minimum absolute atomic E-state index is 0.391. The maximum absolute atomic E-state index is 12.7. The molecule has 0 saturated heterocycles. The van der Waals surface area contributed by atoms with Crippen molar-refractivity contribution in [2.45, 2.75) is 37.9 Å². The van der Waals surface area contributed by atoms with Gasteiger partial charge in [0.1, 0.15) is 5.82 Å². The van der Waals surface area contributed by atoms with Gasteiger partial charge in [0.05, 0.1) is 5.56 Å². The third-order valence-electron chi connectivity index (χ3n) is 4.90. The van der Waals surface area contributed by atoms with Gasteiger partial charge >= 0.3 is 6.18 Å². The molecular weight excluding hydrogens is 341 g/mol. The van der Waals surface area contributed by atoms with Crippen LogP contribution in [-0.2, 0) is 6.18 Å². The Hall–Kier alpha value is -2.57. The first-order valence-electron chi connectivity index (χ1n) is 8.75. The number of nitrogens with zero attached hydrogens (tertiary/aromatic N) is 3. The maximum atomic E-state index is 12.7. The highest BCUT2D eigenvalue weighted by molar-refractivity contribution is 5.69. The Morgan fingerprint density at radius 3 is 2.50 bits per heavy atom. The number of hydrogen-bond donors (Lipinski definition) is 1. The summed E-state index contributed by atoms with van der Waals surface area (Å²) in [6.45, 7) is 0.828. The first-order valence-corrected chi connectivity index (χ1v) is 8.75. The van der Waals surface area contributed by atoms with Crippen LogP contribution in [0, 0.1) is 0 Å². The molecule has 0 unspecified atom stereocenters. The molecule has 0 bridgehead atoms. The smallest absolute Gasteiger partial charge is 0.349 e. The lowest BCUT2D eigenvalue weighted by molar-refractivity contribution is -0.137. The van der Waals surface area contributed by atoms with Gasteiger partial charge in [-0.05, 0) is 37.1 Å². The monoisotopic (exact) mass is 360 g/mol. The van der Waals surface area contributed by atoms with Gasteiger partial charge in [0.2, 0.25) is 5.95 Å². The Morgan fingerprint density at radius 1 is 1.08 bits per heavy atom. The number of aromatic nitrogens is 2. The van der Waals surface area contributed by atoms with E-state index in [4.69, 9.17) is 0 Å². The Labute approximate surface area is 149 Å². The summed E-state index contributed by atoms with van der Waals surface area (Å²) in [5, 5.41) is 3.00. The second-order valence-electron chi connectivity index (χ2n) is 6.67. The van der Waals surface area contributed by atoms with Crippen LogP contribution in [0.4, 0.5) is 30.6 Å². The molecule has 1 aromatic heterocycles. The van der Waals surface area contributed by atoms with Crippen LogP contribution in [0.5, 0.6) is 0 Å². The van der Waals surface area contributed by atoms with Crippen LogP contribution in [-0.4, -0.2) is 22.6 Å². The summed E-state index contributed by atoms with van der Waals surface area (Å²) >= 11 is 0. The second kappa shape index (κ2) is 6.63. The number of rotatable bonds is 3. The molecule has 136 valence electrons. The summed E-state index contributed by atoms with van der Waals surface area (Å²) in [4.78, 5) is 11.2. The molecule has 1 fully saturated rings. The van der Waals surface area contributed by atoms with Crippen LogP contribution >= 0.6 is 0 Å². The second-order valence-corrected chi connectivity index (χ2v) is 6.67. The molecule has 4 nitrogen and oxygen atoms in total. The highest BCUT2D eigenvalue weighted by atomic mass is 19.4. The number of halogens is 3. The fraction of sp³-hybridized carbons (Fsp3) is 0.368. The summed E-state index contributed by atoms with van der Waals surface area (Å²) in [5.41, 5.74) is 0.824. The van der Waals surface area contributed by atoms with Crippen molar-refractivity contribution < 1.29 is 13.2 Å². The molecule has 0 radical (unpaired) electrons. The summed E-state index contributed by atoms with van der Waals surface area (Å²) < 4.78 is 38.0. The quantitative estimate of drug-likeness (QED) is 0.835. The average molecular weight is 360 g/mol. The predicted molar refractivity (Wildman–Crippen MR) is 95.4 cm³/mol. The lowest BCUT2D eigenvalue weighted by atomic mass is 10.1. The van der Waals surface area contributed by atoms with Gasteiger partial charge in [0, 0.05) is 30.0 Å². The fourth-order valence-electron chi connectivity index (χ4n) is 3.58. The van der Waals surface area contributed by atoms with Gasteiger partial charge in [-0.25, -0.2) is 4.98 Å². The topological polar surface area (TPSA) is 41.1 Å². The number of anilines is 3. The molecule has 0 spiro atoms. The third kappa shape index (κ3) is 3.38. The van der Waals surface area contributed by atoms with E-state index >= 15 is 0 Å². The van der Waals surface area contributed by atoms with Crippen LogP contribution in [0.2, 0.25) is 0 Å². The van der Waals surface area contributed by atoms with Gasteiger partial charge in [-0.3, -0.25) is 0 Å². The van der Waals surface area contributed by atoms with Crippen molar-refractivity contribution in [1.82, 2.24) is 9.97 Å². The Kier molecular flexibility index (Phi) is 4.30. The fourth-order valence-corrected chi connectivity index (χ4v) is 3.58. The van der Waals surface area contributed by atoms with Gasteiger partial charge in [-0.2, -0.15) is 18.2 Å². The maximum Gasteiger partial charge on any atom is 0.416 e. The largest absolute Gasteiger partial charge is 0.416 e. The standard InChI is InChI=1S/C19H19F3N4/c20-19(21,22)14-7-9-15(10-8-14)24-18-23-12-13-4-3-11-26(17(13)25-18)16-5-1-2-6-16/h3-4,7-10,12,16H,1-2,5-6,11H2,(H,23,24,25). The van der Waals surface area contributed by atoms with Crippen LogP contribution in [0.3, 0.4) is 0 Å². The van der Waals surface area contributed by atoms with Gasteiger partial charge in [0.15, 0.2) is 0 Å². The summed E-state index contributed by atoms with van der Waals surface area (Å²) in [6, 6.07) is 5.37. The van der Waals surface area contributed by atoms with E-state index in [1.807, 2.05) is 6.08 Å². The molecule has 4 rings (SSSR count). The number of alkyl halides is 3. The van der Waals surface area contributed by atoms with E-state index < -0.39 is 11.7 Å². The minimum atomic E-state index is -4.34. The van der Waals surface area contributed by atoms with Crippen molar-refractivity contribution in [3.8, 4) is 0 Å². The Balaban J connectivity index is 1.56. The van der Waals surface area contributed by atoms with Gasteiger partial charge in [-0.1, -0.05) is 25.0 Å². The van der Waals surface area contributed by atoms with E-state index in [1.54, 1.807) is 6.20 Å². The zero-order chi connectivity index (χ0) is 18.1. The van der Waals surface area contributed by atoms with Gasteiger partial charge in [0.25, 0.3) is 0 Å². The average Bonchev–Trinajstić information content (AvgIpc) is 3.15. The number of benzene rings is 1. The van der Waals surface area contributed by atoms with Gasteiger partial charge < -0.3 is 10.2 Å². The molecule has 7 heteroatoms. The highest BCUT2D eigenvalue weighted by Crippen LogP contribution is 2.33. The molecule has 2 aliphatic rings. The van der Waals surface area contributed by atoms with Crippen molar-refractivity contribution >= 4 is 23.5 Å². The van der Waals surface area contributed by atoms with E-state index in [9.17, 15) is 13.2 Å². The number of hydrogen-bond acceptors (Lipinski definition) is 4. The molecular formula is C19H19F3N4. The number of nitrogens with one attached hydrogen (secondary N) is 1. The molecule has 1 aliphatic heterocycles. The summed E-state index contributed by atoms with van der Waals surface area (Å²) in [5.74, 6) is 1.28. The molecule has 1 saturated carbocycles. The first-order chi connectivity index (χ1) is 12.5.